The van der Waals surface area contributed by atoms with Gasteiger partial charge < -0.3 is 10.4 Å². The van der Waals surface area contributed by atoms with Crippen molar-refractivity contribution in [1.29, 1.82) is 0 Å². The number of rotatable bonds is 5. The van der Waals surface area contributed by atoms with Crippen molar-refractivity contribution in [3.63, 3.8) is 0 Å². The average molecular weight is 280 g/mol. The summed E-state index contributed by atoms with van der Waals surface area (Å²) in [5.41, 5.74) is 0.427. The van der Waals surface area contributed by atoms with Gasteiger partial charge in [0.25, 0.3) is 11.6 Å². The van der Waals surface area contributed by atoms with Crippen molar-refractivity contribution in [2.75, 3.05) is 0 Å². The second-order valence-corrected chi connectivity index (χ2v) is 4.85. The minimum absolute atomic E-state index is 0.0728. The van der Waals surface area contributed by atoms with E-state index >= 15 is 0 Å². The van der Waals surface area contributed by atoms with Crippen LogP contribution in [0.4, 0.5) is 5.69 Å². The number of hydrogen-bond donors (Lipinski definition) is 2. The van der Waals surface area contributed by atoms with Crippen LogP contribution in [0.1, 0.15) is 29.8 Å². The van der Waals surface area contributed by atoms with Crippen molar-refractivity contribution in [1.82, 2.24) is 5.32 Å². The minimum Gasteiger partial charge on any atom is -0.480 e. The predicted molar refractivity (Wildman–Crippen MR) is 71.6 cm³/mol. The van der Waals surface area contributed by atoms with E-state index in [9.17, 15) is 19.7 Å². The molecule has 0 aliphatic heterocycles. The molecule has 0 radical (unpaired) electrons. The molecule has 0 spiro atoms. The lowest BCUT2D eigenvalue weighted by Crippen LogP contribution is -2.44. The summed E-state index contributed by atoms with van der Waals surface area (Å²) in [7, 11) is 0. The molecule has 1 aromatic rings. The van der Waals surface area contributed by atoms with E-state index in [-0.39, 0.29) is 17.2 Å². The Hall–Kier alpha value is -2.44. The molecule has 20 heavy (non-hydrogen) atoms. The monoisotopic (exact) mass is 280 g/mol. The van der Waals surface area contributed by atoms with Crippen LogP contribution < -0.4 is 5.32 Å². The SMILES string of the molecule is Cc1cc(C(=O)NC(C(=O)O)C(C)C)cc([N+](=O)[O-])c1. The standard InChI is InChI=1S/C13H16N2O5/c1-7(2)11(13(17)18)14-12(16)9-4-8(3)5-10(6-9)15(19)20/h4-7,11H,1-3H3,(H,14,16)(H,17,18). The second-order valence-electron chi connectivity index (χ2n) is 4.85. The Balaban J connectivity index is 3.03. The molecule has 0 bridgehead atoms. The lowest BCUT2D eigenvalue weighted by atomic mass is 10.0. The molecule has 1 rings (SSSR count). The number of hydrogen-bond acceptors (Lipinski definition) is 4. The Kier molecular flexibility index (Phi) is 4.79. The first kappa shape index (κ1) is 15.6. The molecular formula is C13H16N2O5. The number of nitro benzene ring substituents is 1. The van der Waals surface area contributed by atoms with Gasteiger partial charge in [0.15, 0.2) is 0 Å². The highest BCUT2D eigenvalue weighted by Gasteiger charge is 2.24. The van der Waals surface area contributed by atoms with Gasteiger partial charge in [-0.2, -0.15) is 0 Å². The molecule has 0 aliphatic rings. The number of carbonyl (C=O) groups excluding carboxylic acids is 1. The molecule has 0 saturated carbocycles. The van der Waals surface area contributed by atoms with Crippen molar-refractivity contribution < 1.29 is 19.6 Å². The number of nitrogens with one attached hydrogen (secondary N) is 1. The fraction of sp³-hybridized carbons (Fsp3) is 0.385. The fourth-order valence-corrected chi connectivity index (χ4v) is 1.74. The quantitative estimate of drug-likeness (QED) is 0.630. The summed E-state index contributed by atoms with van der Waals surface area (Å²) in [6.07, 6.45) is 0. The fourth-order valence-electron chi connectivity index (χ4n) is 1.74. The van der Waals surface area contributed by atoms with Crippen LogP contribution in [0.5, 0.6) is 0 Å². The van der Waals surface area contributed by atoms with Crippen LogP contribution in [0, 0.1) is 23.0 Å². The van der Waals surface area contributed by atoms with Gasteiger partial charge in [-0.15, -0.1) is 0 Å². The molecule has 1 amide bonds. The zero-order valence-electron chi connectivity index (χ0n) is 11.4. The van der Waals surface area contributed by atoms with Gasteiger partial charge in [-0.05, 0) is 24.5 Å². The van der Waals surface area contributed by atoms with Gasteiger partial charge in [0.2, 0.25) is 0 Å². The van der Waals surface area contributed by atoms with Crippen LogP contribution in [0.2, 0.25) is 0 Å². The van der Waals surface area contributed by atoms with Gasteiger partial charge in [-0.25, -0.2) is 4.79 Å². The first-order valence-corrected chi connectivity index (χ1v) is 6.02. The molecule has 2 N–H and O–H groups in total. The van der Waals surface area contributed by atoms with Crippen molar-refractivity contribution >= 4 is 17.6 Å². The molecule has 0 fully saturated rings. The van der Waals surface area contributed by atoms with Crippen LogP contribution >= 0.6 is 0 Å². The molecular weight excluding hydrogens is 264 g/mol. The van der Waals surface area contributed by atoms with E-state index in [2.05, 4.69) is 5.32 Å². The third-order valence-electron chi connectivity index (χ3n) is 2.75. The number of benzene rings is 1. The molecule has 1 atom stereocenters. The van der Waals surface area contributed by atoms with Crippen molar-refractivity contribution in [2.45, 2.75) is 26.8 Å². The Morgan fingerprint density at radius 3 is 2.35 bits per heavy atom. The lowest BCUT2D eigenvalue weighted by Gasteiger charge is -2.17. The van der Waals surface area contributed by atoms with Crippen molar-refractivity contribution in [3.05, 3.63) is 39.4 Å². The lowest BCUT2D eigenvalue weighted by molar-refractivity contribution is -0.384. The third kappa shape index (κ3) is 3.78. The third-order valence-corrected chi connectivity index (χ3v) is 2.75. The van der Waals surface area contributed by atoms with Crippen LogP contribution in [0.15, 0.2) is 18.2 Å². The van der Waals surface area contributed by atoms with Gasteiger partial charge in [0.1, 0.15) is 6.04 Å². The molecule has 1 unspecified atom stereocenters. The van der Waals surface area contributed by atoms with E-state index in [0.29, 0.717) is 5.56 Å². The number of aliphatic carboxylic acids is 1. The topological polar surface area (TPSA) is 110 Å². The number of non-ortho nitro benzene ring substituents is 1. The largest absolute Gasteiger partial charge is 0.480 e. The van der Waals surface area contributed by atoms with E-state index in [1.807, 2.05) is 0 Å². The highest BCUT2D eigenvalue weighted by Crippen LogP contribution is 2.17. The van der Waals surface area contributed by atoms with Crippen LogP contribution in [-0.4, -0.2) is 27.9 Å². The zero-order valence-corrected chi connectivity index (χ0v) is 11.4. The minimum atomic E-state index is -1.14. The number of nitro groups is 1. The molecule has 7 heteroatoms. The summed E-state index contributed by atoms with van der Waals surface area (Å²) in [4.78, 5) is 33.2. The van der Waals surface area contributed by atoms with Gasteiger partial charge >= 0.3 is 5.97 Å². The molecule has 0 saturated heterocycles. The Labute approximate surface area is 115 Å². The highest BCUT2D eigenvalue weighted by molar-refractivity contribution is 5.97. The summed E-state index contributed by atoms with van der Waals surface area (Å²) < 4.78 is 0. The number of carboxylic acids is 1. The zero-order chi connectivity index (χ0) is 15.4. The Morgan fingerprint density at radius 2 is 1.90 bits per heavy atom. The highest BCUT2D eigenvalue weighted by atomic mass is 16.6. The molecule has 0 aromatic heterocycles. The smallest absolute Gasteiger partial charge is 0.326 e. The van der Waals surface area contributed by atoms with Crippen LogP contribution in [-0.2, 0) is 4.79 Å². The Morgan fingerprint density at radius 1 is 1.30 bits per heavy atom. The molecule has 7 nitrogen and oxygen atoms in total. The maximum Gasteiger partial charge on any atom is 0.326 e. The van der Waals surface area contributed by atoms with E-state index in [0.717, 1.165) is 6.07 Å². The first-order valence-electron chi connectivity index (χ1n) is 6.02. The maximum absolute atomic E-state index is 12.0. The predicted octanol–water partition coefficient (Wildman–Crippen LogP) is 1.74. The summed E-state index contributed by atoms with van der Waals surface area (Å²) in [6, 6.07) is 2.90. The molecule has 1 aromatic carbocycles. The van der Waals surface area contributed by atoms with Gasteiger partial charge in [0.05, 0.1) is 4.92 Å². The van der Waals surface area contributed by atoms with Gasteiger partial charge in [-0.1, -0.05) is 13.8 Å². The average Bonchev–Trinajstić information content (AvgIpc) is 2.33. The van der Waals surface area contributed by atoms with Crippen molar-refractivity contribution in [3.8, 4) is 0 Å². The number of aryl methyl sites for hydroxylation is 1. The second kappa shape index (κ2) is 6.14. The van der Waals surface area contributed by atoms with Gasteiger partial charge in [0, 0.05) is 17.7 Å². The number of carboxylic acid groups (broad SMARTS) is 1. The summed E-state index contributed by atoms with van der Waals surface area (Å²) >= 11 is 0. The number of amides is 1. The van der Waals surface area contributed by atoms with E-state index in [4.69, 9.17) is 5.11 Å². The summed E-state index contributed by atoms with van der Waals surface area (Å²) in [5.74, 6) is -2.08. The number of carbonyl (C=O) groups is 2. The normalized spacial score (nSPS) is 12.0. The molecule has 0 aliphatic carbocycles. The first-order chi connectivity index (χ1) is 9.22. The maximum atomic E-state index is 12.0. The van der Waals surface area contributed by atoms with Crippen LogP contribution in [0.3, 0.4) is 0 Å². The molecule has 0 heterocycles. The summed E-state index contributed by atoms with van der Waals surface area (Å²) in [5, 5.41) is 22.1. The Bertz CT molecular complexity index is 554. The van der Waals surface area contributed by atoms with E-state index in [1.54, 1.807) is 20.8 Å². The van der Waals surface area contributed by atoms with Gasteiger partial charge in [-0.3, -0.25) is 14.9 Å². The summed E-state index contributed by atoms with van der Waals surface area (Å²) in [6.45, 7) is 4.95. The van der Waals surface area contributed by atoms with E-state index in [1.165, 1.54) is 12.1 Å². The molecule has 108 valence electrons. The number of nitrogens with zero attached hydrogens (tertiary/aromatic N) is 1. The van der Waals surface area contributed by atoms with Crippen molar-refractivity contribution in [2.24, 2.45) is 5.92 Å². The van der Waals surface area contributed by atoms with Crippen LogP contribution in [0.25, 0.3) is 0 Å². The van der Waals surface area contributed by atoms with E-state index < -0.39 is 22.8 Å².